The molecule has 4 aromatic rings. The Balaban J connectivity index is 1.98. The van der Waals surface area contributed by atoms with Crippen LogP contribution in [0.2, 0.25) is 0 Å². The van der Waals surface area contributed by atoms with E-state index in [9.17, 15) is 5.11 Å². The molecule has 0 amide bonds. The second kappa shape index (κ2) is 7.73. The van der Waals surface area contributed by atoms with Crippen molar-refractivity contribution in [2.24, 2.45) is 0 Å². The summed E-state index contributed by atoms with van der Waals surface area (Å²) in [4.78, 5) is 1.10. The molecule has 0 aliphatic heterocycles. The van der Waals surface area contributed by atoms with Crippen LogP contribution < -0.4 is 0 Å². The molecule has 132 valence electrons. The molecule has 0 aliphatic carbocycles. The molecule has 0 unspecified atom stereocenters. The van der Waals surface area contributed by atoms with Crippen LogP contribution in [-0.2, 0) is 4.75 Å². The van der Waals surface area contributed by atoms with E-state index in [1.54, 1.807) is 23.9 Å². The number of rotatable bonds is 5. The predicted molar refractivity (Wildman–Crippen MR) is 113 cm³/mol. The zero-order valence-corrected chi connectivity index (χ0v) is 15.6. The van der Waals surface area contributed by atoms with Crippen LogP contribution in [-0.4, -0.2) is 5.11 Å². The molecule has 2 heteroatoms. The summed E-state index contributed by atoms with van der Waals surface area (Å²) < 4.78 is -0.388. The first kappa shape index (κ1) is 17.4. The standard InChI is InChI=1S/C25H20OS/c26-23-16-18-24(19-17-23)27-25(20-10-4-1-5-11-20,21-12-6-2-7-13-21)22-14-8-3-9-15-22/h1-19,26H. The minimum atomic E-state index is -0.388. The molecule has 4 aromatic carbocycles. The summed E-state index contributed by atoms with van der Waals surface area (Å²) in [5.74, 6) is 0.282. The number of phenolic OH excluding ortho intramolecular Hbond substituents is 1. The molecule has 0 heterocycles. The molecule has 0 aromatic heterocycles. The highest BCUT2D eigenvalue weighted by Crippen LogP contribution is 2.51. The zero-order chi connectivity index (χ0) is 18.5. The van der Waals surface area contributed by atoms with Crippen LogP contribution in [0.3, 0.4) is 0 Å². The maximum Gasteiger partial charge on any atom is 0.115 e. The summed E-state index contributed by atoms with van der Waals surface area (Å²) >= 11 is 1.79. The highest BCUT2D eigenvalue weighted by molar-refractivity contribution is 8.00. The molecule has 1 nitrogen and oxygen atoms in total. The maximum atomic E-state index is 9.70. The molecule has 0 bridgehead atoms. The summed E-state index contributed by atoms with van der Waals surface area (Å²) in [7, 11) is 0. The Bertz CT molecular complexity index is 884. The first-order valence-corrected chi connectivity index (χ1v) is 9.75. The second-order valence-corrected chi connectivity index (χ2v) is 7.66. The van der Waals surface area contributed by atoms with E-state index in [1.165, 1.54) is 16.7 Å². The summed E-state index contributed by atoms with van der Waals surface area (Å²) in [6.45, 7) is 0. The van der Waals surface area contributed by atoms with Gasteiger partial charge in [0.05, 0.1) is 4.75 Å². The van der Waals surface area contributed by atoms with Gasteiger partial charge < -0.3 is 5.11 Å². The Morgan fingerprint density at radius 1 is 0.481 bits per heavy atom. The van der Waals surface area contributed by atoms with Gasteiger partial charge in [0.15, 0.2) is 0 Å². The minimum absolute atomic E-state index is 0.282. The van der Waals surface area contributed by atoms with Gasteiger partial charge in [0.25, 0.3) is 0 Å². The lowest BCUT2D eigenvalue weighted by Crippen LogP contribution is -2.25. The van der Waals surface area contributed by atoms with Gasteiger partial charge in [0, 0.05) is 4.90 Å². The number of benzene rings is 4. The Kier molecular flexibility index (Phi) is 4.99. The fraction of sp³-hybridized carbons (Fsp3) is 0.0400. The Morgan fingerprint density at radius 3 is 1.22 bits per heavy atom. The van der Waals surface area contributed by atoms with Gasteiger partial charge in [-0.15, -0.1) is 11.8 Å². The van der Waals surface area contributed by atoms with Gasteiger partial charge in [-0.05, 0) is 41.0 Å². The lowest BCUT2D eigenvalue weighted by molar-refractivity contribution is 0.475. The summed E-state index contributed by atoms with van der Waals surface area (Å²) in [6, 6.07) is 39.3. The van der Waals surface area contributed by atoms with Crippen LogP contribution in [0.4, 0.5) is 0 Å². The zero-order valence-electron chi connectivity index (χ0n) is 14.8. The quantitative estimate of drug-likeness (QED) is 0.321. The Hall–Kier alpha value is -2.97. The largest absolute Gasteiger partial charge is 0.508 e. The van der Waals surface area contributed by atoms with E-state index in [0.717, 1.165) is 4.90 Å². The smallest absolute Gasteiger partial charge is 0.115 e. The van der Waals surface area contributed by atoms with Gasteiger partial charge in [-0.3, -0.25) is 0 Å². The molecule has 0 saturated carbocycles. The highest BCUT2D eigenvalue weighted by atomic mass is 32.2. The second-order valence-electron chi connectivity index (χ2n) is 6.38. The van der Waals surface area contributed by atoms with Crippen LogP contribution in [0.15, 0.2) is 120 Å². The molecule has 0 fully saturated rings. The van der Waals surface area contributed by atoms with Crippen molar-refractivity contribution in [2.75, 3.05) is 0 Å². The molecule has 0 atom stereocenters. The molecule has 0 radical (unpaired) electrons. The van der Waals surface area contributed by atoms with Crippen molar-refractivity contribution in [3.05, 3.63) is 132 Å². The third kappa shape index (κ3) is 3.49. The highest BCUT2D eigenvalue weighted by Gasteiger charge is 2.37. The van der Waals surface area contributed by atoms with E-state index in [4.69, 9.17) is 0 Å². The van der Waals surface area contributed by atoms with Crippen LogP contribution in [0.5, 0.6) is 5.75 Å². The topological polar surface area (TPSA) is 20.2 Å². The van der Waals surface area contributed by atoms with E-state index < -0.39 is 0 Å². The lowest BCUT2D eigenvalue weighted by Gasteiger charge is -2.35. The molecule has 1 N–H and O–H groups in total. The minimum Gasteiger partial charge on any atom is -0.508 e. The number of aromatic hydroxyl groups is 1. The molecular formula is C25H20OS. The summed E-state index contributed by atoms with van der Waals surface area (Å²) in [5, 5.41) is 9.70. The van der Waals surface area contributed by atoms with E-state index in [0.29, 0.717) is 0 Å². The third-order valence-corrected chi connectivity index (χ3v) is 6.17. The van der Waals surface area contributed by atoms with Crippen molar-refractivity contribution in [1.82, 2.24) is 0 Å². The van der Waals surface area contributed by atoms with Crippen LogP contribution in [0.25, 0.3) is 0 Å². The van der Waals surface area contributed by atoms with Crippen molar-refractivity contribution in [3.8, 4) is 5.75 Å². The van der Waals surface area contributed by atoms with E-state index in [2.05, 4.69) is 91.0 Å². The predicted octanol–water partition coefficient (Wildman–Crippen LogP) is 6.48. The van der Waals surface area contributed by atoms with Gasteiger partial charge in [-0.2, -0.15) is 0 Å². The van der Waals surface area contributed by atoms with E-state index in [1.807, 2.05) is 12.1 Å². The van der Waals surface area contributed by atoms with E-state index in [-0.39, 0.29) is 10.5 Å². The molecule has 0 saturated heterocycles. The average Bonchev–Trinajstić information content (AvgIpc) is 2.75. The van der Waals surface area contributed by atoms with Crippen molar-refractivity contribution in [2.45, 2.75) is 9.64 Å². The van der Waals surface area contributed by atoms with Crippen molar-refractivity contribution >= 4 is 11.8 Å². The number of hydrogen-bond donors (Lipinski definition) is 1. The fourth-order valence-corrected chi connectivity index (χ4v) is 4.77. The third-order valence-electron chi connectivity index (χ3n) is 4.65. The maximum absolute atomic E-state index is 9.70. The Labute approximate surface area is 164 Å². The average molecular weight is 369 g/mol. The summed E-state index contributed by atoms with van der Waals surface area (Å²) in [6.07, 6.45) is 0. The van der Waals surface area contributed by atoms with Gasteiger partial charge in [-0.25, -0.2) is 0 Å². The first-order chi connectivity index (χ1) is 13.3. The number of hydrogen-bond acceptors (Lipinski definition) is 2. The van der Waals surface area contributed by atoms with Crippen molar-refractivity contribution < 1.29 is 5.11 Å². The Morgan fingerprint density at radius 2 is 0.852 bits per heavy atom. The van der Waals surface area contributed by atoms with Gasteiger partial charge in [0.1, 0.15) is 5.75 Å². The van der Waals surface area contributed by atoms with Crippen LogP contribution >= 0.6 is 11.8 Å². The van der Waals surface area contributed by atoms with Crippen molar-refractivity contribution in [1.29, 1.82) is 0 Å². The van der Waals surface area contributed by atoms with E-state index >= 15 is 0 Å². The molecule has 0 spiro atoms. The van der Waals surface area contributed by atoms with Crippen LogP contribution in [0.1, 0.15) is 16.7 Å². The number of phenols is 1. The summed E-state index contributed by atoms with van der Waals surface area (Å²) in [5.41, 5.74) is 3.67. The molecule has 4 rings (SSSR count). The first-order valence-electron chi connectivity index (χ1n) is 8.94. The van der Waals surface area contributed by atoms with Gasteiger partial charge >= 0.3 is 0 Å². The number of thioether (sulfide) groups is 1. The van der Waals surface area contributed by atoms with Gasteiger partial charge in [-0.1, -0.05) is 91.0 Å². The molecule has 0 aliphatic rings. The van der Waals surface area contributed by atoms with Crippen LogP contribution in [0, 0.1) is 0 Å². The lowest BCUT2D eigenvalue weighted by atomic mass is 9.84. The molecule has 27 heavy (non-hydrogen) atoms. The fourth-order valence-electron chi connectivity index (χ4n) is 3.39. The van der Waals surface area contributed by atoms with Gasteiger partial charge in [0.2, 0.25) is 0 Å². The monoisotopic (exact) mass is 368 g/mol. The normalized spacial score (nSPS) is 11.3. The van der Waals surface area contributed by atoms with Crippen molar-refractivity contribution in [3.63, 3.8) is 0 Å². The SMILES string of the molecule is Oc1ccc(SC(c2ccccc2)(c2ccccc2)c2ccccc2)cc1. The molecular weight excluding hydrogens is 348 g/mol.